The standard InChI is InChI=1S/C18H17ClFN3O3/c19-13-6-1-5-12(15(13)20)18(25)23-9-3-4-11(23)10-26-14-7-2-8-22-16(14)17(21)24/h1-2,5-8,11H,3-4,9-10H2,(H2,21,24)/t11-/m1/s1. The van der Waals surface area contributed by atoms with Gasteiger partial charge in [-0.2, -0.15) is 0 Å². The molecule has 2 amide bonds. The molecule has 2 N–H and O–H groups in total. The molecule has 3 rings (SSSR count). The SMILES string of the molecule is NC(=O)c1ncccc1OC[C@H]1CCCN1C(=O)c1cccc(Cl)c1F. The van der Waals surface area contributed by atoms with Crippen molar-refractivity contribution in [3.8, 4) is 5.75 Å². The van der Waals surface area contributed by atoms with E-state index < -0.39 is 17.6 Å². The lowest BCUT2D eigenvalue weighted by Gasteiger charge is -2.25. The van der Waals surface area contributed by atoms with Crippen molar-refractivity contribution in [1.82, 2.24) is 9.88 Å². The molecule has 1 aromatic heterocycles. The van der Waals surface area contributed by atoms with Crippen molar-refractivity contribution in [3.63, 3.8) is 0 Å². The van der Waals surface area contributed by atoms with E-state index in [0.717, 1.165) is 6.42 Å². The van der Waals surface area contributed by atoms with E-state index in [1.165, 1.54) is 24.4 Å². The van der Waals surface area contributed by atoms with Crippen molar-refractivity contribution in [2.45, 2.75) is 18.9 Å². The summed E-state index contributed by atoms with van der Waals surface area (Å²) in [7, 11) is 0. The highest BCUT2D eigenvalue weighted by molar-refractivity contribution is 6.31. The minimum atomic E-state index is -0.728. The number of halogens is 2. The minimum Gasteiger partial charge on any atom is -0.489 e. The highest BCUT2D eigenvalue weighted by Crippen LogP contribution is 2.25. The Morgan fingerprint density at radius 1 is 1.35 bits per heavy atom. The van der Waals surface area contributed by atoms with Crippen molar-refractivity contribution in [3.05, 3.63) is 58.6 Å². The maximum absolute atomic E-state index is 14.2. The Kier molecular flexibility index (Phi) is 5.37. The molecule has 6 nitrogen and oxygen atoms in total. The largest absolute Gasteiger partial charge is 0.489 e. The van der Waals surface area contributed by atoms with Crippen LogP contribution in [0.2, 0.25) is 5.02 Å². The van der Waals surface area contributed by atoms with E-state index in [1.54, 1.807) is 17.0 Å². The lowest BCUT2D eigenvalue weighted by Crippen LogP contribution is -2.39. The number of likely N-dealkylation sites (tertiary alicyclic amines) is 1. The maximum Gasteiger partial charge on any atom is 0.271 e. The summed E-state index contributed by atoms with van der Waals surface area (Å²) in [5.74, 6) is -1.60. The second-order valence-corrected chi connectivity index (χ2v) is 6.33. The average molecular weight is 378 g/mol. The number of rotatable bonds is 5. The molecular weight excluding hydrogens is 361 g/mol. The number of hydrogen-bond donors (Lipinski definition) is 1. The zero-order valence-corrected chi connectivity index (χ0v) is 14.6. The minimum absolute atomic E-state index is 0.0317. The fourth-order valence-corrected chi connectivity index (χ4v) is 3.15. The zero-order chi connectivity index (χ0) is 18.7. The van der Waals surface area contributed by atoms with Gasteiger partial charge in [0.2, 0.25) is 0 Å². The second kappa shape index (κ2) is 7.70. The van der Waals surface area contributed by atoms with Gasteiger partial charge in [-0.05, 0) is 37.1 Å². The molecular formula is C18H17ClFN3O3. The molecule has 0 aliphatic carbocycles. The summed E-state index contributed by atoms with van der Waals surface area (Å²) in [6.07, 6.45) is 2.93. The highest BCUT2D eigenvalue weighted by Gasteiger charge is 2.32. The van der Waals surface area contributed by atoms with Crippen LogP contribution >= 0.6 is 11.6 Å². The smallest absolute Gasteiger partial charge is 0.271 e. The van der Waals surface area contributed by atoms with E-state index in [1.807, 2.05) is 0 Å². The number of primary amides is 1. The first-order chi connectivity index (χ1) is 12.5. The molecule has 0 radical (unpaired) electrons. The van der Waals surface area contributed by atoms with Gasteiger partial charge in [-0.15, -0.1) is 0 Å². The number of benzene rings is 1. The fourth-order valence-electron chi connectivity index (χ4n) is 2.98. The van der Waals surface area contributed by atoms with Crippen LogP contribution in [0.4, 0.5) is 4.39 Å². The molecule has 1 saturated heterocycles. The van der Waals surface area contributed by atoms with E-state index in [0.29, 0.717) is 13.0 Å². The summed E-state index contributed by atoms with van der Waals surface area (Å²) in [6.45, 7) is 0.647. The number of nitrogens with zero attached hydrogens (tertiary/aromatic N) is 2. The highest BCUT2D eigenvalue weighted by atomic mass is 35.5. The van der Waals surface area contributed by atoms with Crippen LogP contribution in [0.3, 0.4) is 0 Å². The van der Waals surface area contributed by atoms with Gasteiger partial charge in [0.25, 0.3) is 11.8 Å². The van der Waals surface area contributed by atoms with Crippen LogP contribution in [0.1, 0.15) is 33.7 Å². The molecule has 0 unspecified atom stereocenters. The number of aromatic nitrogens is 1. The Morgan fingerprint density at radius 2 is 2.15 bits per heavy atom. The van der Waals surface area contributed by atoms with Crippen molar-refractivity contribution >= 4 is 23.4 Å². The van der Waals surface area contributed by atoms with Gasteiger partial charge in [0.05, 0.1) is 16.6 Å². The van der Waals surface area contributed by atoms with Gasteiger partial charge in [-0.25, -0.2) is 9.37 Å². The first-order valence-electron chi connectivity index (χ1n) is 8.11. The molecule has 0 saturated carbocycles. The number of amides is 2. The number of ether oxygens (including phenoxy) is 1. The maximum atomic E-state index is 14.2. The molecule has 1 aliphatic rings. The predicted octanol–water partition coefficient (Wildman–Crippen LogP) is 2.66. The third kappa shape index (κ3) is 3.62. The summed E-state index contributed by atoms with van der Waals surface area (Å²) >= 11 is 5.77. The number of carbonyl (C=O) groups is 2. The summed E-state index contributed by atoms with van der Waals surface area (Å²) in [5, 5.41) is -0.0932. The first kappa shape index (κ1) is 18.1. The molecule has 26 heavy (non-hydrogen) atoms. The van der Waals surface area contributed by atoms with Gasteiger partial charge in [-0.3, -0.25) is 9.59 Å². The van der Waals surface area contributed by atoms with Crippen molar-refractivity contribution in [1.29, 1.82) is 0 Å². The van der Waals surface area contributed by atoms with Crippen LogP contribution in [0, 0.1) is 5.82 Å². The molecule has 2 aromatic rings. The van der Waals surface area contributed by atoms with Crippen LogP contribution in [-0.4, -0.2) is 40.9 Å². The van der Waals surface area contributed by atoms with E-state index in [2.05, 4.69) is 4.98 Å². The molecule has 136 valence electrons. The number of nitrogens with two attached hydrogens (primary N) is 1. The van der Waals surface area contributed by atoms with Crippen LogP contribution in [0.5, 0.6) is 5.75 Å². The topological polar surface area (TPSA) is 85.5 Å². The normalized spacial score (nSPS) is 16.5. The van der Waals surface area contributed by atoms with E-state index >= 15 is 0 Å². The molecule has 1 fully saturated rings. The van der Waals surface area contributed by atoms with Crippen molar-refractivity contribution < 1.29 is 18.7 Å². The lowest BCUT2D eigenvalue weighted by molar-refractivity contribution is 0.0684. The second-order valence-electron chi connectivity index (χ2n) is 5.92. The third-order valence-corrected chi connectivity index (χ3v) is 4.55. The van der Waals surface area contributed by atoms with Crippen LogP contribution < -0.4 is 10.5 Å². The monoisotopic (exact) mass is 377 g/mol. The lowest BCUT2D eigenvalue weighted by atomic mass is 10.1. The Labute approximate surface area is 154 Å². The van der Waals surface area contributed by atoms with Gasteiger partial charge < -0.3 is 15.4 Å². The van der Waals surface area contributed by atoms with Crippen LogP contribution in [0.15, 0.2) is 36.5 Å². The molecule has 1 aliphatic heterocycles. The zero-order valence-electron chi connectivity index (χ0n) is 13.8. The quantitative estimate of drug-likeness (QED) is 0.868. The van der Waals surface area contributed by atoms with E-state index in [4.69, 9.17) is 22.1 Å². The van der Waals surface area contributed by atoms with Gasteiger partial charge in [0.1, 0.15) is 6.61 Å². The Morgan fingerprint density at radius 3 is 2.92 bits per heavy atom. The van der Waals surface area contributed by atoms with Gasteiger partial charge in [-0.1, -0.05) is 17.7 Å². The Balaban J connectivity index is 1.74. The molecule has 8 heteroatoms. The van der Waals surface area contributed by atoms with Gasteiger partial charge in [0.15, 0.2) is 17.3 Å². The molecule has 2 heterocycles. The van der Waals surface area contributed by atoms with Crippen LogP contribution in [-0.2, 0) is 0 Å². The molecule has 0 bridgehead atoms. The molecule has 1 atom stereocenters. The van der Waals surface area contributed by atoms with Gasteiger partial charge >= 0.3 is 0 Å². The summed E-state index contributed by atoms with van der Waals surface area (Å²) in [6, 6.07) is 7.31. The summed E-state index contributed by atoms with van der Waals surface area (Å²) in [4.78, 5) is 29.6. The predicted molar refractivity (Wildman–Crippen MR) is 93.7 cm³/mol. The molecule has 0 spiro atoms. The molecule has 1 aromatic carbocycles. The Bertz CT molecular complexity index is 846. The van der Waals surface area contributed by atoms with E-state index in [9.17, 15) is 14.0 Å². The average Bonchev–Trinajstić information content (AvgIpc) is 3.10. The number of carbonyl (C=O) groups excluding carboxylic acids is 2. The van der Waals surface area contributed by atoms with Crippen molar-refractivity contribution in [2.24, 2.45) is 5.73 Å². The van der Waals surface area contributed by atoms with Gasteiger partial charge in [0, 0.05) is 12.7 Å². The summed E-state index contributed by atoms with van der Waals surface area (Å²) < 4.78 is 19.8. The third-order valence-electron chi connectivity index (χ3n) is 4.26. The van der Waals surface area contributed by atoms with E-state index in [-0.39, 0.29) is 34.7 Å². The van der Waals surface area contributed by atoms with Crippen molar-refractivity contribution in [2.75, 3.05) is 13.2 Å². The Hall–Kier alpha value is -2.67. The fraction of sp³-hybridized carbons (Fsp3) is 0.278. The number of hydrogen-bond acceptors (Lipinski definition) is 4. The first-order valence-corrected chi connectivity index (χ1v) is 8.49. The van der Waals surface area contributed by atoms with Crippen LogP contribution in [0.25, 0.3) is 0 Å². The summed E-state index contributed by atoms with van der Waals surface area (Å²) in [5.41, 5.74) is 5.25. The number of pyridine rings is 1.